The molecule has 1 aromatic carbocycles. The molecular formula is C19H20N4O4. The van der Waals surface area contributed by atoms with Crippen LogP contribution in [0.5, 0.6) is 11.9 Å². The largest absolute Gasteiger partial charge is 0.474 e. The summed E-state index contributed by atoms with van der Waals surface area (Å²) < 4.78 is 16.2. The fourth-order valence-electron chi connectivity index (χ4n) is 3.20. The van der Waals surface area contributed by atoms with Crippen LogP contribution in [-0.4, -0.2) is 52.2 Å². The highest BCUT2D eigenvalue weighted by Crippen LogP contribution is 2.21. The van der Waals surface area contributed by atoms with Crippen molar-refractivity contribution in [3.63, 3.8) is 0 Å². The normalized spacial score (nSPS) is 15.1. The first-order valence-electron chi connectivity index (χ1n) is 8.87. The molecule has 3 heterocycles. The van der Waals surface area contributed by atoms with Crippen LogP contribution in [0.3, 0.4) is 0 Å². The molecule has 8 heteroatoms. The molecule has 8 nitrogen and oxygen atoms in total. The van der Waals surface area contributed by atoms with E-state index in [9.17, 15) is 4.79 Å². The number of benzene rings is 1. The van der Waals surface area contributed by atoms with E-state index < -0.39 is 0 Å². The zero-order valence-electron chi connectivity index (χ0n) is 15.0. The summed E-state index contributed by atoms with van der Waals surface area (Å²) in [7, 11) is 1.52. The van der Waals surface area contributed by atoms with Crippen molar-refractivity contribution in [2.45, 2.75) is 25.4 Å². The van der Waals surface area contributed by atoms with Gasteiger partial charge in [0, 0.05) is 43.6 Å². The van der Waals surface area contributed by atoms with Gasteiger partial charge in [-0.2, -0.15) is 4.98 Å². The van der Waals surface area contributed by atoms with Gasteiger partial charge in [0.25, 0.3) is 0 Å². The van der Waals surface area contributed by atoms with Gasteiger partial charge >= 0.3 is 6.01 Å². The third kappa shape index (κ3) is 3.84. The number of fused-ring (bicyclic) bond motifs is 1. The van der Waals surface area contributed by atoms with Crippen LogP contribution in [0.1, 0.15) is 18.5 Å². The molecule has 0 aliphatic carbocycles. The number of ether oxygens (including phenoxy) is 2. The number of amides is 1. The van der Waals surface area contributed by atoms with Crippen LogP contribution < -0.4 is 9.47 Å². The Morgan fingerprint density at radius 2 is 2.07 bits per heavy atom. The van der Waals surface area contributed by atoms with Gasteiger partial charge in [-0.3, -0.25) is 4.79 Å². The molecule has 140 valence electrons. The molecule has 0 N–H and O–H groups in total. The number of hydrogen-bond donors (Lipinski definition) is 0. The van der Waals surface area contributed by atoms with Crippen LogP contribution in [0, 0.1) is 0 Å². The van der Waals surface area contributed by atoms with Gasteiger partial charge < -0.3 is 18.9 Å². The summed E-state index contributed by atoms with van der Waals surface area (Å²) in [4.78, 5) is 22.6. The molecular weight excluding hydrogens is 348 g/mol. The highest BCUT2D eigenvalue weighted by Gasteiger charge is 2.25. The number of rotatable bonds is 5. The van der Waals surface area contributed by atoms with E-state index in [0.717, 1.165) is 18.2 Å². The average Bonchev–Trinajstić information content (AvgIpc) is 3.11. The lowest BCUT2D eigenvalue weighted by molar-refractivity contribution is -0.132. The van der Waals surface area contributed by atoms with E-state index in [1.165, 1.54) is 7.11 Å². The van der Waals surface area contributed by atoms with Gasteiger partial charge in [0.15, 0.2) is 5.58 Å². The number of aromatic nitrogens is 3. The lowest BCUT2D eigenvalue weighted by atomic mass is 10.1. The summed E-state index contributed by atoms with van der Waals surface area (Å²) in [5, 5.41) is 4.93. The van der Waals surface area contributed by atoms with Crippen LogP contribution >= 0.6 is 0 Å². The van der Waals surface area contributed by atoms with E-state index in [1.807, 2.05) is 29.2 Å². The maximum atomic E-state index is 12.6. The molecule has 1 fully saturated rings. The number of likely N-dealkylation sites (tertiary alicyclic amines) is 1. The van der Waals surface area contributed by atoms with Crippen molar-refractivity contribution in [1.82, 2.24) is 20.0 Å². The SMILES string of the molecule is COc1nccc(OC2CCN(C(=O)Cc3noc4ccccc34)CC2)n1. The van der Waals surface area contributed by atoms with Crippen LogP contribution in [-0.2, 0) is 11.2 Å². The monoisotopic (exact) mass is 368 g/mol. The van der Waals surface area contributed by atoms with Crippen molar-refractivity contribution in [3.8, 4) is 11.9 Å². The van der Waals surface area contributed by atoms with Gasteiger partial charge in [0.1, 0.15) is 11.8 Å². The summed E-state index contributed by atoms with van der Waals surface area (Å²) in [6.07, 6.45) is 3.35. The number of hydrogen-bond acceptors (Lipinski definition) is 7. The van der Waals surface area contributed by atoms with E-state index >= 15 is 0 Å². The van der Waals surface area contributed by atoms with Crippen molar-refractivity contribution in [1.29, 1.82) is 0 Å². The second-order valence-corrected chi connectivity index (χ2v) is 6.38. The first kappa shape index (κ1) is 17.3. The Kier molecular flexibility index (Phi) is 4.86. The number of carbonyl (C=O) groups is 1. The predicted molar refractivity (Wildman–Crippen MR) is 96.5 cm³/mol. The zero-order valence-corrected chi connectivity index (χ0v) is 15.0. The maximum absolute atomic E-state index is 12.6. The minimum absolute atomic E-state index is 0.0153. The predicted octanol–water partition coefficient (Wildman–Crippen LogP) is 2.24. The second kappa shape index (κ2) is 7.61. The molecule has 0 radical (unpaired) electrons. The van der Waals surface area contributed by atoms with Crippen LogP contribution in [0.15, 0.2) is 41.1 Å². The van der Waals surface area contributed by atoms with Crippen LogP contribution in [0.25, 0.3) is 11.0 Å². The Hall–Kier alpha value is -3.16. The quantitative estimate of drug-likeness (QED) is 0.682. The first-order valence-corrected chi connectivity index (χ1v) is 8.87. The Morgan fingerprint density at radius 1 is 1.26 bits per heavy atom. The molecule has 0 unspecified atom stereocenters. The molecule has 1 aliphatic rings. The van der Waals surface area contributed by atoms with E-state index in [2.05, 4.69) is 15.1 Å². The number of methoxy groups -OCH3 is 1. The van der Waals surface area contributed by atoms with Crippen molar-refractivity contribution >= 4 is 16.9 Å². The Labute approximate surface area is 156 Å². The Morgan fingerprint density at radius 3 is 2.89 bits per heavy atom. The molecule has 1 amide bonds. The number of nitrogens with zero attached hydrogens (tertiary/aromatic N) is 4. The lowest BCUT2D eigenvalue weighted by Crippen LogP contribution is -2.42. The van der Waals surface area contributed by atoms with Crippen molar-refractivity contribution < 1.29 is 18.8 Å². The molecule has 0 bridgehead atoms. The van der Waals surface area contributed by atoms with Crippen LogP contribution in [0.4, 0.5) is 0 Å². The molecule has 1 saturated heterocycles. The van der Waals surface area contributed by atoms with Gasteiger partial charge in [0.2, 0.25) is 11.8 Å². The number of piperidine rings is 1. The third-order valence-corrected chi connectivity index (χ3v) is 4.64. The van der Waals surface area contributed by atoms with E-state index in [0.29, 0.717) is 30.2 Å². The second-order valence-electron chi connectivity index (χ2n) is 6.38. The Bertz CT molecular complexity index is 934. The van der Waals surface area contributed by atoms with Crippen molar-refractivity contribution in [2.24, 2.45) is 0 Å². The summed E-state index contributed by atoms with van der Waals surface area (Å²) in [6, 6.07) is 9.55. The average molecular weight is 368 g/mol. The van der Waals surface area contributed by atoms with Gasteiger partial charge in [-0.1, -0.05) is 17.3 Å². The molecule has 0 saturated carbocycles. The first-order chi connectivity index (χ1) is 13.2. The molecule has 3 aromatic rings. The zero-order chi connectivity index (χ0) is 18.6. The highest BCUT2D eigenvalue weighted by atomic mass is 16.5. The van der Waals surface area contributed by atoms with Gasteiger partial charge in [-0.05, 0) is 12.1 Å². The fraction of sp³-hybridized carbons (Fsp3) is 0.368. The number of carbonyl (C=O) groups excluding carboxylic acids is 1. The third-order valence-electron chi connectivity index (χ3n) is 4.64. The number of para-hydroxylation sites is 1. The highest BCUT2D eigenvalue weighted by molar-refractivity contribution is 5.86. The van der Waals surface area contributed by atoms with Crippen LogP contribution in [0.2, 0.25) is 0 Å². The summed E-state index contributed by atoms with van der Waals surface area (Å²) >= 11 is 0. The van der Waals surface area contributed by atoms with Crippen molar-refractivity contribution in [2.75, 3.05) is 20.2 Å². The standard InChI is InChI=1S/C19H20N4O4/c1-25-19-20-9-6-17(21-19)26-13-7-10-23(11-8-13)18(24)12-15-14-4-2-3-5-16(14)27-22-15/h2-6,9,13H,7-8,10-12H2,1H3. The molecule has 27 heavy (non-hydrogen) atoms. The molecule has 0 spiro atoms. The minimum Gasteiger partial charge on any atom is -0.474 e. The minimum atomic E-state index is 0.0153. The van der Waals surface area contributed by atoms with E-state index in [-0.39, 0.29) is 24.4 Å². The molecule has 1 aliphatic heterocycles. The summed E-state index contributed by atoms with van der Waals surface area (Å²) in [5.41, 5.74) is 1.38. The van der Waals surface area contributed by atoms with E-state index in [4.69, 9.17) is 14.0 Å². The summed E-state index contributed by atoms with van der Waals surface area (Å²) in [5.74, 6) is 0.539. The molecule has 0 atom stereocenters. The van der Waals surface area contributed by atoms with Gasteiger partial charge in [-0.15, -0.1) is 0 Å². The smallest absolute Gasteiger partial charge is 0.319 e. The summed E-state index contributed by atoms with van der Waals surface area (Å²) in [6.45, 7) is 1.28. The van der Waals surface area contributed by atoms with Crippen molar-refractivity contribution in [3.05, 3.63) is 42.2 Å². The van der Waals surface area contributed by atoms with E-state index in [1.54, 1.807) is 12.3 Å². The molecule has 4 rings (SSSR count). The topological polar surface area (TPSA) is 90.6 Å². The maximum Gasteiger partial charge on any atom is 0.319 e. The van der Waals surface area contributed by atoms with Gasteiger partial charge in [0.05, 0.1) is 13.5 Å². The fourth-order valence-corrected chi connectivity index (χ4v) is 3.20. The lowest BCUT2D eigenvalue weighted by Gasteiger charge is -2.31. The van der Waals surface area contributed by atoms with Gasteiger partial charge in [-0.25, -0.2) is 4.98 Å². The molecule has 2 aromatic heterocycles. The Balaban J connectivity index is 1.32.